The van der Waals surface area contributed by atoms with Gasteiger partial charge in [-0.2, -0.15) is 0 Å². The molecule has 3 aromatic carbocycles. The Labute approximate surface area is 236 Å². The van der Waals surface area contributed by atoms with Crippen LogP contribution in [0.5, 0.6) is 0 Å². The van der Waals surface area contributed by atoms with Gasteiger partial charge in [0.05, 0.1) is 10.6 Å². The van der Waals surface area contributed by atoms with Crippen LogP contribution in [0.1, 0.15) is 49.3 Å². The molecular formula is C31H36FN3O4S. The van der Waals surface area contributed by atoms with E-state index in [0.29, 0.717) is 11.3 Å². The van der Waals surface area contributed by atoms with Crippen LogP contribution in [0.4, 0.5) is 10.1 Å². The number of anilines is 1. The second-order valence-corrected chi connectivity index (χ2v) is 12.2. The van der Waals surface area contributed by atoms with Crippen LogP contribution in [0.2, 0.25) is 0 Å². The average Bonchev–Trinajstić information content (AvgIpc) is 3.46. The Morgan fingerprint density at radius 3 is 2.27 bits per heavy atom. The van der Waals surface area contributed by atoms with Crippen LogP contribution in [0.25, 0.3) is 0 Å². The van der Waals surface area contributed by atoms with Crippen LogP contribution in [0, 0.1) is 19.7 Å². The summed E-state index contributed by atoms with van der Waals surface area (Å²) in [5, 5.41) is 3.01. The minimum atomic E-state index is -4.16. The van der Waals surface area contributed by atoms with Crippen LogP contribution >= 0.6 is 0 Å². The van der Waals surface area contributed by atoms with Gasteiger partial charge in [-0.1, -0.05) is 61.4 Å². The number of benzene rings is 3. The minimum Gasteiger partial charge on any atom is -0.352 e. The number of hydrogen-bond donors (Lipinski definition) is 1. The van der Waals surface area contributed by atoms with Crippen molar-refractivity contribution in [1.82, 2.24) is 10.2 Å². The predicted molar refractivity (Wildman–Crippen MR) is 154 cm³/mol. The molecule has 2 amide bonds. The maximum absolute atomic E-state index is 14.7. The van der Waals surface area contributed by atoms with Gasteiger partial charge in [0.1, 0.15) is 18.4 Å². The van der Waals surface area contributed by atoms with Crippen molar-refractivity contribution in [2.24, 2.45) is 0 Å². The highest BCUT2D eigenvalue weighted by Crippen LogP contribution is 2.29. The third-order valence-electron chi connectivity index (χ3n) is 7.62. The van der Waals surface area contributed by atoms with E-state index in [0.717, 1.165) is 35.6 Å². The number of hydrogen-bond acceptors (Lipinski definition) is 4. The second kappa shape index (κ2) is 12.6. The van der Waals surface area contributed by atoms with Crippen LogP contribution < -0.4 is 9.62 Å². The molecule has 0 saturated heterocycles. The number of aryl methyl sites for hydroxylation is 1. The molecule has 4 rings (SSSR count). The summed E-state index contributed by atoms with van der Waals surface area (Å²) < 4.78 is 43.6. The normalized spacial score (nSPS) is 14.5. The zero-order chi connectivity index (χ0) is 28.9. The molecule has 1 atom stereocenters. The summed E-state index contributed by atoms with van der Waals surface area (Å²) in [7, 11) is -4.16. The predicted octanol–water partition coefficient (Wildman–Crippen LogP) is 5.11. The van der Waals surface area contributed by atoms with E-state index < -0.39 is 34.3 Å². The number of rotatable bonds is 10. The lowest BCUT2D eigenvalue weighted by molar-refractivity contribution is -0.139. The van der Waals surface area contributed by atoms with Crippen molar-refractivity contribution in [3.63, 3.8) is 0 Å². The second-order valence-electron chi connectivity index (χ2n) is 10.3. The Bertz CT molecular complexity index is 1460. The molecule has 7 nitrogen and oxygen atoms in total. The number of carbonyl (C=O) groups is 2. The molecule has 3 aromatic rings. The lowest BCUT2D eigenvalue weighted by atomic mass is 10.1. The van der Waals surface area contributed by atoms with E-state index >= 15 is 0 Å². The summed E-state index contributed by atoms with van der Waals surface area (Å²) in [5.74, 6) is -1.47. The molecule has 1 unspecified atom stereocenters. The molecule has 0 radical (unpaired) electrons. The highest BCUT2D eigenvalue weighted by Gasteiger charge is 2.34. The first-order valence-corrected chi connectivity index (χ1v) is 15.0. The van der Waals surface area contributed by atoms with E-state index in [2.05, 4.69) is 5.32 Å². The van der Waals surface area contributed by atoms with E-state index in [4.69, 9.17) is 0 Å². The fraction of sp³-hybridized carbons (Fsp3) is 0.355. The number of carbonyl (C=O) groups excluding carboxylic acids is 2. The molecule has 9 heteroatoms. The first-order chi connectivity index (χ1) is 19.1. The van der Waals surface area contributed by atoms with Crippen molar-refractivity contribution in [3.8, 4) is 0 Å². The van der Waals surface area contributed by atoms with Crippen molar-refractivity contribution in [3.05, 3.63) is 95.3 Å². The Morgan fingerprint density at radius 1 is 0.950 bits per heavy atom. The zero-order valence-corrected chi connectivity index (χ0v) is 24.0. The zero-order valence-electron chi connectivity index (χ0n) is 23.1. The molecule has 40 heavy (non-hydrogen) atoms. The molecule has 1 aliphatic rings. The van der Waals surface area contributed by atoms with Crippen LogP contribution in [0.3, 0.4) is 0 Å². The van der Waals surface area contributed by atoms with Gasteiger partial charge in [0.2, 0.25) is 11.8 Å². The van der Waals surface area contributed by atoms with Gasteiger partial charge in [-0.3, -0.25) is 13.9 Å². The number of sulfonamides is 1. The van der Waals surface area contributed by atoms with E-state index in [-0.39, 0.29) is 29.0 Å². The molecule has 0 heterocycles. The van der Waals surface area contributed by atoms with Gasteiger partial charge in [-0.15, -0.1) is 0 Å². The summed E-state index contributed by atoms with van der Waals surface area (Å²) in [6.07, 6.45) is 3.80. The van der Waals surface area contributed by atoms with Crippen LogP contribution in [0.15, 0.2) is 77.7 Å². The van der Waals surface area contributed by atoms with Crippen molar-refractivity contribution >= 4 is 27.5 Å². The van der Waals surface area contributed by atoms with E-state index in [9.17, 15) is 22.4 Å². The summed E-state index contributed by atoms with van der Waals surface area (Å²) in [6, 6.07) is 18.3. The summed E-state index contributed by atoms with van der Waals surface area (Å²) in [5.41, 5.74) is 2.18. The topological polar surface area (TPSA) is 86.8 Å². The monoisotopic (exact) mass is 565 g/mol. The van der Waals surface area contributed by atoms with Gasteiger partial charge in [0.15, 0.2) is 0 Å². The Hall–Kier alpha value is -3.72. The first kappa shape index (κ1) is 29.3. The van der Waals surface area contributed by atoms with Crippen molar-refractivity contribution in [2.45, 2.75) is 70.0 Å². The fourth-order valence-electron chi connectivity index (χ4n) is 5.02. The van der Waals surface area contributed by atoms with E-state index in [1.807, 2.05) is 13.0 Å². The smallest absolute Gasteiger partial charge is 0.264 e. The molecule has 1 aliphatic carbocycles. The average molecular weight is 566 g/mol. The van der Waals surface area contributed by atoms with Crippen molar-refractivity contribution < 1.29 is 22.4 Å². The van der Waals surface area contributed by atoms with Gasteiger partial charge in [-0.25, -0.2) is 12.8 Å². The first-order valence-electron chi connectivity index (χ1n) is 13.6. The van der Waals surface area contributed by atoms with Gasteiger partial charge in [0.25, 0.3) is 10.0 Å². The molecule has 212 valence electrons. The van der Waals surface area contributed by atoms with Crippen molar-refractivity contribution in [1.29, 1.82) is 0 Å². The molecule has 1 N–H and O–H groups in total. The summed E-state index contributed by atoms with van der Waals surface area (Å²) >= 11 is 0. The summed E-state index contributed by atoms with van der Waals surface area (Å²) in [6.45, 7) is 4.52. The van der Waals surface area contributed by atoms with Crippen LogP contribution in [-0.4, -0.2) is 43.8 Å². The molecule has 0 aromatic heterocycles. The van der Waals surface area contributed by atoms with Gasteiger partial charge in [0, 0.05) is 18.2 Å². The molecule has 1 fully saturated rings. The van der Waals surface area contributed by atoms with Crippen LogP contribution in [-0.2, 0) is 26.2 Å². The maximum Gasteiger partial charge on any atom is 0.264 e. The minimum absolute atomic E-state index is 0.0327. The number of nitrogens with zero attached hydrogens (tertiary/aromatic N) is 2. The molecule has 0 aliphatic heterocycles. The molecule has 0 bridgehead atoms. The SMILES string of the molecule is Cc1cccc(N(CC(=O)N(Cc2ccccc2F)C(C)C(=O)NC2CCCC2)S(=O)(=O)c2ccccc2)c1C. The highest BCUT2D eigenvalue weighted by molar-refractivity contribution is 7.92. The number of halogens is 1. The quantitative estimate of drug-likeness (QED) is 0.370. The third-order valence-corrected chi connectivity index (χ3v) is 9.40. The fourth-order valence-corrected chi connectivity index (χ4v) is 6.52. The third kappa shape index (κ3) is 6.53. The Balaban J connectivity index is 1.72. The number of nitrogens with one attached hydrogen (secondary N) is 1. The lowest BCUT2D eigenvalue weighted by Crippen LogP contribution is -2.52. The van der Waals surface area contributed by atoms with Crippen molar-refractivity contribution in [2.75, 3.05) is 10.8 Å². The van der Waals surface area contributed by atoms with E-state index in [1.54, 1.807) is 62.4 Å². The van der Waals surface area contributed by atoms with Gasteiger partial charge < -0.3 is 10.2 Å². The Morgan fingerprint density at radius 2 is 1.60 bits per heavy atom. The summed E-state index contributed by atoms with van der Waals surface area (Å²) in [4.78, 5) is 28.6. The van der Waals surface area contributed by atoms with Gasteiger partial charge in [-0.05, 0) is 69.0 Å². The molecule has 0 spiro atoms. The maximum atomic E-state index is 14.7. The Kier molecular flexibility index (Phi) is 9.25. The molecular weight excluding hydrogens is 529 g/mol. The largest absolute Gasteiger partial charge is 0.352 e. The lowest BCUT2D eigenvalue weighted by Gasteiger charge is -2.33. The number of amides is 2. The highest BCUT2D eigenvalue weighted by atomic mass is 32.2. The molecule has 1 saturated carbocycles. The van der Waals surface area contributed by atoms with E-state index in [1.165, 1.54) is 23.1 Å². The van der Waals surface area contributed by atoms with Gasteiger partial charge >= 0.3 is 0 Å². The standard InChI is InChI=1S/C31H36FN3O4S/c1-22-12-11-19-29(23(22)2)35(40(38,39)27-16-5-4-6-17-27)21-30(36)34(20-25-13-7-10-18-28(25)32)24(3)31(37)33-26-14-8-9-15-26/h4-7,10-13,16-19,24,26H,8-9,14-15,20-21H2,1-3H3,(H,33,37).